The molecule has 0 bridgehead atoms. The molecule has 0 unspecified atom stereocenters. The number of aromatic amines is 1. The standard InChI is InChI=1S/C5H3FN4O2S/c6-13(11,12)5-7-1-3-4(10-5)9-2-8-3/h1-2H,(H,7,8,9,10). The number of hydrogen-bond donors (Lipinski definition) is 1. The molecule has 6 nitrogen and oxygen atoms in total. The maximum Gasteiger partial charge on any atom is 0.368 e. The third-order valence-electron chi connectivity index (χ3n) is 1.37. The molecule has 68 valence electrons. The van der Waals surface area contributed by atoms with Crippen molar-refractivity contribution in [2.75, 3.05) is 0 Å². The second-order valence-electron chi connectivity index (χ2n) is 2.23. The second kappa shape index (κ2) is 2.46. The van der Waals surface area contributed by atoms with Crippen molar-refractivity contribution in [2.24, 2.45) is 0 Å². The van der Waals surface area contributed by atoms with Gasteiger partial charge in [0.05, 0.1) is 12.5 Å². The van der Waals surface area contributed by atoms with E-state index in [9.17, 15) is 12.3 Å². The lowest BCUT2D eigenvalue weighted by molar-refractivity contribution is 0.542. The van der Waals surface area contributed by atoms with E-state index in [0.29, 0.717) is 5.52 Å². The second-order valence-corrected chi connectivity index (χ2v) is 3.47. The van der Waals surface area contributed by atoms with E-state index in [1.54, 1.807) is 0 Å². The smallest absolute Gasteiger partial charge is 0.342 e. The maximum atomic E-state index is 12.4. The number of nitrogens with zero attached hydrogens (tertiary/aromatic N) is 3. The van der Waals surface area contributed by atoms with Gasteiger partial charge in [-0.2, -0.15) is 13.4 Å². The van der Waals surface area contributed by atoms with Crippen LogP contribution in [0.3, 0.4) is 0 Å². The van der Waals surface area contributed by atoms with Crippen molar-refractivity contribution in [1.29, 1.82) is 0 Å². The van der Waals surface area contributed by atoms with Gasteiger partial charge in [0.2, 0.25) is 0 Å². The average Bonchev–Trinajstić information content (AvgIpc) is 2.47. The number of rotatable bonds is 1. The van der Waals surface area contributed by atoms with Crippen molar-refractivity contribution in [3.63, 3.8) is 0 Å². The minimum Gasteiger partial charge on any atom is -0.342 e. The molecule has 0 radical (unpaired) electrons. The molecule has 0 aliphatic rings. The summed E-state index contributed by atoms with van der Waals surface area (Å²) in [5.41, 5.74) is 0.568. The van der Waals surface area contributed by atoms with Gasteiger partial charge >= 0.3 is 10.2 Å². The van der Waals surface area contributed by atoms with Gasteiger partial charge in [0.25, 0.3) is 5.16 Å². The summed E-state index contributed by atoms with van der Waals surface area (Å²) in [5.74, 6) is 0. The summed E-state index contributed by atoms with van der Waals surface area (Å²) >= 11 is 0. The third kappa shape index (κ3) is 1.35. The number of H-pyrrole nitrogens is 1. The molecule has 0 aliphatic heterocycles. The molecule has 0 atom stereocenters. The van der Waals surface area contributed by atoms with Gasteiger partial charge in [-0.15, -0.1) is 0 Å². The predicted molar refractivity (Wildman–Crippen MR) is 40.0 cm³/mol. The van der Waals surface area contributed by atoms with Gasteiger partial charge < -0.3 is 4.98 Å². The molecule has 2 heterocycles. The molecule has 0 saturated heterocycles. The van der Waals surface area contributed by atoms with E-state index in [1.165, 1.54) is 6.33 Å². The van der Waals surface area contributed by atoms with Crippen LogP contribution in [-0.2, 0) is 10.2 Å². The first-order chi connectivity index (χ1) is 6.07. The summed E-state index contributed by atoms with van der Waals surface area (Å²) in [5, 5.41) is -0.868. The zero-order valence-corrected chi connectivity index (χ0v) is 6.92. The van der Waals surface area contributed by atoms with Gasteiger partial charge in [0.15, 0.2) is 5.65 Å². The molecule has 2 aromatic rings. The predicted octanol–water partition coefficient (Wildman–Crippen LogP) is 0.0111. The van der Waals surface area contributed by atoms with E-state index >= 15 is 0 Å². The lowest BCUT2D eigenvalue weighted by atomic mass is 10.6. The maximum absolute atomic E-state index is 12.4. The Morgan fingerprint density at radius 1 is 1.38 bits per heavy atom. The van der Waals surface area contributed by atoms with Crippen LogP contribution in [0, 0.1) is 0 Å². The van der Waals surface area contributed by atoms with Crippen molar-refractivity contribution in [2.45, 2.75) is 5.16 Å². The fourth-order valence-electron chi connectivity index (χ4n) is 0.838. The number of imidazole rings is 1. The first kappa shape index (κ1) is 8.05. The highest BCUT2D eigenvalue weighted by Crippen LogP contribution is 2.09. The minimum atomic E-state index is -4.85. The number of aromatic nitrogens is 4. The van der Waals surface area contributed by atoms with Gasteiger partial charge in [-0.25, -0.2) is 9.97 Å². The Morgan fingerprint density at radius 3 is 2.85 bits per heavy atom. The van der Waals surface area contributed by atoms with E-state index in [1.807, 2.05) is 0 Å². The van der Waals surface area contributed by atoms with Crippen LogP contribution in [-0.4, -0.2) is 28.4 Å². The van der Waals surface area contributed by atoms with Crippen LogP contribution in [0.5, 0.6) is 0 Å². The summed E-state index contributed by atoms with van der Waals surface area (Å²) in [6.07, 6.45) is 2.47. The van der Waals surface area contributed by atoms with E-state index < -0.39 is 15.4 Å². The molecule has 13 heavy (non-hydrogen) atoms. The van der Waals surface area contributed by atoms with Crippen LogP contribution >= 0.6 is 0 Å². The molecule has 0 aliphatic carbocycles. The van der Waals surface area contributed by atoms with E-state index in [0.717, 1.165) is 6.20 Å². The van der Waals surface area contributed by atoms with Crippen LogP contribution in [0.4, 0.5) is 3.89 Å². The molecule has 0 spiro atoms. The summed E-state index contributed by atoms with van der Waals surface area (Å²) in [7, 11) is -4.85. The van der Waals surface area contributed by atoms with E-state index in [2.05, 4.69) is 19.9 Å². The largest absolute Gasteiger partial charge is 0.368 e. The van der Waals surface area contributed by atoms with Gasteiger partial charge in [0, 0.05) is 0 Å². The normalized spacial score (nSPS) is 12.1. The SMILES string of the molecule is O=S(=O)(F)c1ncc2[nH]cnc2n1. The highest BCUT2D eigenvalue weighted by atomic mass is 32.3. The Bertz CT molecular complexity index is 548. The molecule has 8 heteroatoms. The van der Waals surface area contributed by atoms with Gasteiger partial charge in [-0.3, -0.25) is 0 Å². The Morgan fingerprint density at radius 2 is 2.15 bits per heavy atom. The Balaban J connectivity index is 2.75. The van der Waals surface area contributed by atoms with Crippen LogP contribution in [0.25, 0.3) is 11.2 Å². The van der Waals surface area contributed by atoms with E-state index in [4.69, 9.17) is 0 Å². The van der Waals surface area contributed by atoms with Gasteiger partial charge in [-0.1, -0.05) is 3.89 Å². The molecule has 0 saturated carbocycles. The molecule has 1 N–H and O–H groups in total. The fraction of sp³-hybridized carbons (Fsp3) is 0. The molecule has 0 amide bonds. The Labute approximate surface area is 72.1 Å². The molecular formula is C5H3FN4O2S. The average molecular weight is 202 g/mol. The first-order valence-corrected chi connectivity index (χ1v) is 4.56. The number of halogens is 1. The van der Waals surface area contributed by atoms with Gasteiger partial charge in [0.1, 0.15) is 5.52 Å². The Hall–Kier alpha value is -1.57. The topological polar surface area (TPSA) is 88.6 Å². The zero-order chi connectivity index (χ0) is 9.47. The highest BCUT2D eigenvalue weighted by molar-refractivity contribution is 7.86. The van der Waals surface area contributed by atoms with Crippen molar-refractivity contribution in [3.05, 3.63) is 12.5 Å². The summed E-state index contributed by atoms with van der Waals surface area (Å²) < 4.78 is 33.1. The van der Waals surface area contributed by atoms with Crippen LogP contribution < -0.4 is 0 Å². The lowest BCUT2D eigenvalue weighted by Crippen LogP contribution is -1.99. The molecule has 0 aromatic carbocycles. The summed E-state index contributed by atoms with van der Waals surface area (Å²) in [4.78, 5) is 13.0. The fourth-order valence-corrected chi connectivity index (χ4v) is 1.21. The molecule has 2 rings (SSSR count). The number of hydrogen-bond acceptors (Lipinski definition) is 5. The van der Waals surface area contributed by atoms with Gasteiger partial charge in [-0.05, 0) is 0 Å². The molecular weight excluding hydrogens is 199 g/mol. The Kier molecular flexibility index (Phi) is 1.52. The van der Waals surface area contributed by atoms with Crippen LogP contribution in [0.1, 0.15) is 0 Å². The summed E-state index contributed by atoms with van der Waals surface area (Å²) in [6, 6.07) is 0. The first-order valence-electron chi connectivity index (χ1n) is 3.18. The van der Waals surface area contributed by atoms with Crippen molar-refractivity contribution in [3.8, 4) is 0 Å². The lowest BCUT2D eigenvalue weighted by Gasteiger charge is -1.91. The van der Waals surface area contributed by atoms with Crippen molar-refractivity contribution < 1.29 is 12.3 Å². The number of nitrogens with one attached hydrogen (secondary N) is 1. The molecule has 0 fully saturated rings. The molecule has 2 aromatic heterocycles. The van der Waals surface area contributed by atoms with Crippen LogP contribution in [0.15, 0.2) is 17.7 Å². The van der Waals surface area contributed by atoms with Crippen molar-refractivity contribution >= 4 is 21.4 Å². The number of fused-ring (bicyclic) bond motifs is 1. The zero-order valence-electron chi connectivity index (χ0n) is 6.10. The monoisotopic (exact) mass is 202 g/mol. The quantitative estimate of drug-likeness (QED) is 0.519. The minimum absolute atomic E-state index is 0.117. The summed E-state index contributed by atoms with van der Waals surface area (Å²) in [6.45, 7) is 0. The highest BCUT2D eigenvalue weighted by Gasteiger charge is 2.16. The van der Waals surface area contributed by atoms with Crippen LogP contribution in [0.2, 0.25) is 0 Å². The van der Waals surface area contributed by atoms with Crippen molar-refractivity contribution in [1.82, 2.24) is 19.9 Å². The third-order valence-corrected chi connectivity index (χ3v) is 2.00. The van der Waals surface area contributed by atoms with E-state index in [-0.39, 0.29) is 5.65 Å².